The van der Waals surface area contributed by atoms with E-state index in [2.05, 4.69) is 27.8 Å². The summed E-state index contributed by atoms with van der Waals surface area (Å²) in [7, 11) is 0. The Morgan fingerprint density at radius 1 is 1.22 bits per heavy atom. The van der Waals surface area contributed by atoms with E-state index in [1.165, 1.54) is 0 Å². The van der Waals surface area contributed by atoms with Crippen molar-refractivity contribution in [3.8, 4) is 17.9 Å². The zero-order chi connectivity index (χ0) is 16.1. The topological polar surface area (TPSA) is 60.2 Å². The number of carbonyl (C=O) groups excluding carboxylic acids is 1. The fourth-order valence-electron chi connectivity index (χ4n) is 2.34. The third-order valence-corrected chi connectivity index (χ3v) is 4.39. The smallest absolute Gasteiger partial charge is 0.298 e. The molecule has 1 aliphatic heterocycles. The molecule has 3 rings (SSSR count). The van der Waals surface area contributed by atoms with Crippen molar-refractivity contribution in [1.29, 1.82) is 5.26 Å². The molecular formula is C17H14N4OS. The number of amides is 1. The standard InChI is InChI=1S/C17H14N4OS/c18-13-15-3-1-2-14(12-15)4-5-16(22)20-7-9-21(10-8-20)17-19-6-11-23-17/h1-3,6,11-12H,7-10H2. The molecule has 5 nitrogen and oxygen atoms in total. The highest BCUT2D eigenvalue weighted by molar-refractivity contribution is 7.13. The van der Waals surface area contributed by atoms with E-state index in [1.807, 2.05) is 5.38 Å². The molecule has 0 unspecified atom stereocenters. The van der Waals surface area contributed by atoms with E-state index in [4.69, 9.17) is 5.26 Å². The quantitative estimate of drug-likeness (QED) is 0.750. The van der Waals surface area contributed by atoms with Gasteiger partial charge in [-0.3, -0.25) is 4.79 Å². The maximum atomic E-state index is 12.2. The fraction of sp³-hybridized carbons (Fsp3) is 0.235. The minimum atomic E-state index is -0.175. The minimum absolute atomic E-state index is 0.175. The van der Waals surface area contributed by atoms with E-state index >= 15 is 0 Å². The van der Waals surface area contributed by atoms with Crippen LogP contribution in [0.5, 0.6) is 0 Å². The first-order valence-corrected chi connectivity index (χ1v) is 8.10. The van der Waals surface area contributed by atoms with Crippen LogP contribution in [-0.4, -0.2) is 42.0 Å². The minimum Gasteiger partial charge on any atom is -0.345 e. The number of thiazole rings is 1. The van der Waals surface area contributed by atoms with Crippen LogP contribution < -0.4 is 4.90 Å². The van der Waals surface area contributed by atoms with E-state index in [1.54, 1.807) is 46.7 Å². The van der Waals surface area contributed by atoms with Crippen LogP contribution in [0.2, 0.25) is 0 Å². The van der Waals surface area contributed by atoms with Crippen molar-refractivity contribution in [2.75, 3.05) is 31.1 Å². The highest BCUT2D eigenvalue weighted by Gasteiger charge is 2.21. The van der Waals surface area contributed by atoms with E-state index < -0.39 is 0 Å². The highest BCUT2D eigenvalue weighted by Crippen LogP contribution is 2.18. The predicted octanol–water partition coefficient (Wildman–Crippen LogP) is 1.72. The van der Waals surface area contributed by atoms with Crippen LogP contribution in [0.1, 0.15) is 11.1 Å². The molecule has 0 spiro atoms. The summed E-state index contributed by atoms with van der Waals surface area (Å²) >= 11 is 1.61. The van der Waals surface area contributed by atoms with Gasteiger partial charge in [-0.1, -0.05) is 12.0 Å². The van der Waals surface area contributed by atoms with E-state index in [0.29, 0.717) is 24.2 Å². The fourth-order valence-corrected chi connectivity index (χ4v) is 3.04. The summed E-state index contributed by atoms with van der Waals surface area (Å²) in [5.41, 5.74) is 1.22. The van der Waals surface area contributed by atoms with E-state index in [-0.39, 0.29) is 5.91 Å². The van der Waals surface area contributed by atoms with Crippen LogP contribution in [0.15, 0.2) is 35.8 Å². The second kappa shape index (κ2) is 6.95. The van der Waals surface area contributed by atoms with Crippen molar-refractivity contribution in [2.45, 2.75) is 0 Å². The van der Waals surface area contributed by atoms with Gasteiger partial charge >= 0.3 is 0 Å². The van der Waals surface area contributed by atoms with Gasteiger partial charge in [0.25, 0.3) is 5.91 Å². The molecule has 1 fully saturated rings. The molecule has 0 bridgehead atoms. The summed E-state index contributed by atoms with van der Waals surface area (Å²) in [4.78, 5) is 20.4. The summed E-state index contributed by atoms with van der Waals surface area (Å²) in [6, 6.07) is 9.01. The van der Waals surface area contributed by atoms with Crippen LogP contribution in [0.4, 0.5) is 5.13 Å². The molecule has 0 radical (unpaired) electrons. The van der Waals surface area contributed by atoms with Crippen LogP contribution in [-0.2, 0) is 4.79 Å². The molecule has 0 saturated carbocycles. The van der Waals surface area contributed by atoms with Gasteiger partial charge in [-0.25, -0.2) is 4.98 Å². The number of anilines is 1. The Balaban J connectivity index is 1.60. The van der Waals surface area contributed by atoms with Crippen LogP contribution >= 0.6 is 11.3 Å². The Hall–Kier alpha value is -2.83. The van der Waals surface area contributed by atoms with Gasteiger partial charge in [0.05, 0.1) is 11.6 Å². The number of hydrogen-bond donors (Lipinski definition) is 0. The number of aromatic nitrogens is 1. The van der Waals surface area contributed by atoms with Gasteiger partial charge < -0.3 is 9.80 Å². The lowest BCUT2D eigenvalue weighted by Crippen LogP contribution is -2.48. The average molecular weight is 322 g/mol. The lowest BCUT2D eigenvalue weighted by Gasteiger charge is -2.33. The number of nitrogens with zero attached hydrogens (tertiary/aromatic N) is 4. The Kier molecular flexibility index (Phi) is 4.56. The maximum Gasteiger partial charge on any atom is 0.298 e. The van der Waals surface area contributed by atoms with Crippen LogP contribution in [0.3, 0.4) is 0 Å². The maximum absolute atomic E-state index is 12.2. The van der Waals surface area contributed by atoms with Crippen molar-refractivity contribution in [3.63, 3.8) is 0 Å². The van der Waals surface area contributed by atoms with E-state index in [9.17, 15) is 4.79 Å². The first kappa shape index (κ1) is 15.1. The zero-order valence-corrected chi connectivity index (χ0v) is 13.2. The van der Waals surface area contributed by atoms with Gasteiger partial charge in [-0.05, 0) is 18.2 Å². The molecule has 1 amide bonds. The second-order valence-corrected chi connectivity index (χ2v) is 5.91. The number of benzene rings is 1. The molecule has 23 heavy (non-hydrogen) atoms. The third kappa shape index (κ3) is 3.68. The first-order chi connectivity index (χ1) is 11.3. The number of carbonyl (C=O) groups is 1. The highest BCUT2D eigenvalue weighted by atomic mass is 32.1. The number of piperazine rings is 1. The molecule has 0 N–H and O–H groups in total. The lowest BCUT2D eigenvalue weighted by atomic mass is 10.1. The third-order valence-electron chi connectivity index (χ3n) is 3.56. The zero-order valence-electron chi connectivity index (χ0n) is 12.4. The van der Waals surface area contributed by atoms with Gasteiger partial charge in [-0.15, -0.1) is 11.3 Å². The molecule has 1 aromatic heterocycles. The normalized spacial score (nSPS) is 13.9. The van der Waals surface area contributed by atoms with Crippen LogP contribution in [0.25, 0.3) is 0 Å². The molecule has 1 saturated heterocycles. The van der Waals surface area contributed by atoms with Crippen molar-refractivity contribution in [2.24, 2.45) is 0 Å². The lowest BCUT2D eigenvalue weighted by molar-refractivity contribution is -0.125. The SMILES string of the molecule is N#Cc1cccc(C#CC(=O)N2CCN(c3nccs3)CC2)c1. The molecule has 2 heterocycles. The van der Waals surface area contributed by atoms with Crippen LogP contribution in [0, 0.1) is 23.2 Å². The molecule has 0 atom stereocenters. The van der Waals surface area contributed by atoms with Crippen molar-refractivity contribution in [1.82, 2.24) is 9.88 Å². The first-order valence-electron chi connectivity index (χ1n) is 7.22. The summed E-state index contributed by atoms with van der Waals surface area (Å²) in [6.07, 6.45) is 1.79. The molecule has 114 valence electrons. The summed E-state index contributed by atoms with van der Waals surface area (Å²) in [6.45, 7) is 2.83. The molecule has 0 aliphatic carbocycles. The van der Waals surface area contributed by atoms with Gasteiger partial charge in [0.1, 0.15) is 0 Å². The van der Waals surface area contributed by atoms with E-state index in [0.717, 1.165) is 18.2 Å². The Bertz CT molecular complexity index is 790. The number of hydrogen-bond acceptors (Lipinski definition) is 5. The molecule has 2 aromatic rings. The molecular weight excluding hydrogens is 308 g/mol. The average Bonchev–Trinajstić information content (AvgIpc) is 3.14. The predicted molar refractivity (Wildman–Crippen MR) is 88.9 cm³/mol. The monoisotopic (exact) mass is 322 g/mol. The van der Waals surface area contributed by atoms with Crippen molar-refractivity contribution < 1.29 is 4.79 Å². The summed E-state index contributed by atoms with van der Waals surface area (Å²) in [5, 5.41) is 11.8. The molecule has 1 aromatic carbocycles. The number of nitriles is 1. The van der Waals surface area contributed by atoms with Gasteiger partial charge in [0.15, 0.2) is 5.13 Å². The van der Waals surface area contributed by atoms with Crippen molar-refractivity contribution in [3.05, 3.63) is 47.0 Å². The Morgan fingerprint density at radius 2 is 2.00 bits per heavy atom. The van der Waals surface area contributed by atoms with Crippen molar-refractivity contribution >= 4 is 22.4 Å². The number of rotatable bonds is 1. The molecule has 6 heteroatoms. The summed E-state index contributed by atoms with van der Waals surface area (Å²) in [5.74, 6) is 5.33. The summed E-state index contributed by atoms with van der Waals surface area (Å²) < 4.78 is 0. The largest absolute Gasteiger partial charge is 0.345 e. The Labute approximate surface area is 138 Å². The van der Waals surface area contributed by atoms with Gasteiger partial charge in [0.2, 0.25) is 0 Å². The molecule has 1 aliphatic rings. The Morgan fingerprint density at radius 3 is 2.70 bits per heavy atom. The van der Waals surface area contributed by atoms with Gasteiger partial charge in [0, 0.05) is 49.2 Å². The van der Waals surface area contributed by atoms with Gasteiger partial charge in [-0.2, -0.15) is 5.26 Å². The second-order valence-electron chi connectivity index (χ2n) is 5.04.